The van der Waals surface area contributed by atoms with E-state index in [4.69, 9.17) is 5.73 Å². The van der Waals surface area contributed by atoms with Crippen molar-refractivity contribution < 1.29 is 10.9 Å². The number of nitrogens with two attached hydrogens (primary N) is 1. The Morgan fingerprint density at radius 2 is 1.70 bits per heavy atom. The minimum atomic E-state index is 0.861. The minimum absolute atomic E-state index is 0.861. The molecule has 0 unspecified atom stereocenters. The maximum atomic E-state index is 5.27. The van der Waals surface area contributed by atoms with Crippen molar-refractivity contribution in [1.29, 1.82) is 0 Å². The number of unbranched alkanes of at least 4 members (excludes halogenated alkanes) is 3. The molecule has 0 aliphatic heterocycles. The van der Waals surface area contributed by atoms with Gasteiger partial charge in [0.15, 0.2) is 0 Å². The Kier molecular flexibility index (Phi) is 23.5. The quantitative estimate of drug-likeness (QED) is 0.625. The third kappa shape index (κ3) is 22.7. The molecule has 0 atom stereocenters. The number of rotatable bonds is 4. The van der Waals surface area contributed by atoms with Gasteiger partial charge >= 0.3 is 39.3 Å². The van der Waals surface area contributed by atoms with E-state index in [1.165, 1.54) is 36.6 Å². The third-order valence-electron chi connectivity index (χ3n) is 1.06. The summed E-state index contributed by atoms with van der Waals surface area (Å²) in [5.74, 6) is 0. The van der Waals surface area contributed by atoms with E-state index in [9.17, 15) is 0 Å². The van der Waals surface area contributed by atoms with Gasteiger partial charge in [0.05, 0.1) is 0 Å². The molecule has 0 heterocycles. The monoisotopic (exact) mass is 317 g/mol. The van der Waals surface area contributed by atoms with Gasteiger partial charge in [0, 0.05) is 0 Å². The van der Waals surface area contributed by atoms with Gasteiger partial charge in [-0.2, -0.15) is 0 Å². The second-order valence-corrected chi connectivity index (χ2v) is 6.88. The van der Waals surface area contributed by atoms with Crippen molar-refractivity contribution in [1.82, 2.24) is 0 Å². The molecule has 0 fully saturated rings. The summed E-state index contributed by atoms with van der Waals surface area (Å²) in [7, 11) is 1.25. The molecule has 2 N–H and O–H groups in total. The van der Waals surface area contributed by atoms with Crippen LogP contribution in [0.3, 0.4) is 0 Å². The summed E-state index contributed by atoms with van der Waals surface area (Å²) in [6, 6.07) is 0. The fourth-order valence-corrected chi connectivity index (χ4v) is 0.571. The zero-order valence-corrected chi connectivity index (χ0v) is 10.3. The van der Waals surface area contributed by atoms with Crippen LogP contribution in [0.4, 0.5) is 0 Å². The first kappa shape index (κ1) is 14.0. The standard InChI is InChI=1S/C6H15N.2BrH.Ni/c1-2-3-4-5-6-7;;;/h2-7H2,1H3;2*1H;/q;;;+2/p-2. The van der Waals surface area contributed by atoms with Gasteiger partial charge in [-0.3, -0.25) is 0 Å². The predicted octanol–water partition coefficient (Wildman–Crippen LogP) is 3.21. The van der Waals surface area contributed by atoms with Crippen LogP contribution in [-0.2, 0) is 10.9 Å². The average Bonchev–Trinajstić information content (AvgIpc) is 1.91. The van der Waals surface area contributed by atoms with Crippen LogP contribution in [0.2, 0.25) is 0 Å². The van der Waals surface area contributed by atoms with Crippen molar-refractivity contribution in [2.24, 2.45) is 5.73 Å². The van der Waals surface area contributed by atoms with Gasteiger partial charge in [-0.15, -0.1) is 0 Å². The summed E-state index contributed by atoms with van der Waals surface area (Å²) in [4.78, 5) is 0. The molecule has 0 aliphatic rings. The Bertz CT molecular complexity index is 42.7. The van der Waals surface area contributed by atoms with E-state index < -0.39 is 0 Å². The van der Waals surface area contributed by atoms with Crippen molar-refractivity contribution >= 4 is 28.5 Å². The Morgan fingerprint density at radius 1 is 1.20 bits per heavy atom. The van der Waals surface area contributed by atoms with Crippen LogP contribution in [0.15, 0.2) is 0 Å². The first-order valence-corrected chi connectivity index (χ1v) is 8.24. The Hall–Kier alpha value is 1.41. The molecule has 0 aromatic rings. The third-order valence-corrected chi connectivity index (χ3v) is 1.06. The van der Waals surface area contributed by atoms with Crippen LogP contribution < -0.4 is 5.73 Å². The molecule has 0 amide bonds. The summed E-state index contributed by atoms with van der Waals surface area (Å²) in [5, 5.41) is 0. The van der Waals surface area contributed by atoms with E-state index in [1.54, 1.807) is 0 Å². The van der Waals surface area contributed by atoms with E-state index in [0.717, 1.165) is 6.54 Å². The zero-order valence-electron chi connectivity index (χ0n) is 6.19. The van der Waals surface area contributed by atoms with Crippen LogP contribution in [0.1, 0.15) is 32.6 Å². The first-order chi connectivity index (χ1) is 4.83. The van der Waals surface area contributed by atoms with E-state index >= 15 is 0 Å². The van der Waals surface area contributed by atoms with E-state index in [0.29, 0.717) is 0 Å². The molecule has 0 bridgehead atoms. The molecule has 4 heteroatoms. The molecule has 0 aliphatic carbocycles. The average molecular weight is 320 g/mol. The summed E-state index contributed by atoms with van der Waals surface area (Å²) in [5.41, 5.74) is 5.27. The molecular weight excluding hydrogens is 305 g/mol. The molecule has 68 valence electrons. The maximum absolute atomic E-state index is 5.27. The normalized spacial score (nSPS) is 8.80. The molecule has 0 aromatic heterocycles. The summed E-state index contributed by atoms with van der Waals surface area (Å²) >= 11 is 6.00. The SMILES string of the molecule is CCCCCCN.[Br][Ni][Br]. The van der Waals surface area contributed by atoms with E-state index in [2.05, 4.69) is 35.4 Å². The van der Waals surface area contributed by atoms with Crippen LogP contribution in [0.5, 0.6) is 0 Å². The first-order valence-electron chi connectivity index (χ1n) is 3.35. The van der Waals surface area contributed by atoms with E-state index in [1.807, 2.05) is 0 Å². The fraction of sp³-hybridized carbons (Fsp3) is 1.00. The van der Waals surface area contributed by atoms with Gasteiger partial charge in [0.25, 0.3) is 0 Å². The molecule has 1 nitrogen and oxygen atoms in total. The molecule has 0 radical (unpaired) electrons. The molecule has 0 aromatic carbocycles. The van der Waals surface area contributed by atoms with E-state index in [-0.39, 0.29) is 0 Å². The van der Waals surface area contributed by atoms with Gasteiger partial charge in [0.1, 0.15) is 0 Å². The second kappa shape index (κ2) is 16.8. The van der Waals surface area contributed by atoms with Gasteiger partial charge in [0.2, 0.25) is 0 Å². The van der Waals surface area contributed by atoms with Crippen molar-refractivity contribution in [2.45, 2.75) is 32.6 Å². The molecule has 0 saturated heterocycles. The molecule has 10 heavy (non-hydrogen) atoms. The van der Waals surface area contributed by atoms with Crippen molar-refractivity contribution in [2.75, 3.05) is 6.54 Å². The van der Waals surface area contributed by atoms with Crippen LogP contribution >= 0.6 is 28.5 Å². The van der Waals surface area contributed by atoms with Crippen LogP contribution in [-0.4, -0.2) is 6.54 Å². The topological polar surface area (TPSA) is 26.0 Å². The molecular formula is C6H15Br2NNi. The van der Waals surface area contributed by atoms with Crippen molar-refractivity contribution in [3.63, 3.8) is 0 Å². The van der Waals surface area contributed by atoms with Gasteiger partial charge in [-0.1, -0.05) is 26.2 Å². The van der Waals surface area contributed by atoms with Crippen molar-refractivity contribution in [3.8, 4) is 0 Å². The molecule has 0 rings (SSSR count). The molecule has 0 saturated carbocycles. The van der Waals surface area contributed by atoms with Crippen molar-refractivity contribution in [3.05, 3.63) is 0 Å². The Balaban J connectivity index is 0. The number of halogens is 2. The number of hydrogen-bond acceptors (Lipinski definition) is 1. The summed E-state index contributed by atoms with van der Waals surface area (Å²) in [6.45, 7) is 3.07. The molecule has 0 spiro atoms. The van der Waals surface area contributed by atoms with Gasteiger partial charge in [-0.25, -0.2) is 0 Å². The van der Waals surface area contributed by atoms with Crippen LogP contribution in [0, 0.1) is 0 Å². The number of hydrogen-bond donors (Lipinski definition) is 1. The Labute approximate surface area is 83.9 Å². The summed E-state index contributed by atoms with van der Waals surface area (Å²) in [6.07, 6.45) is 5.16. The predicted molar refractivity (Wildman–Crippen MR) is 51.1 cm³/mol. The fourth-order valence-electron chi connectivity index (χ4n) is 0.571. The Morgan fingerprint density at radius 3 is 2.00 bits per heavy atom. The summed E-state index contributed by atoms with van der Waals surface area (Å²) < 4.78 is 0. The van der Waals surface area contributed by atoms with Gasteiger partial charge in [-0.05, 0) is 13.0 Å². The van der Waals surface area contributed by atoms with Gasteiger partial charge < -0.3 is 5.73 Å². The zero-order chi connectivity index (χ0) is 8.24. The second-order valence-electron chi connectivity index (χ2n) is 1.89. The van der Waals surface area contributed by atoms with Crippen LogP contribution in [0.25, 0.3) is 0 Å².